The first-order valence-electron chi connectivity index (χ1n) is 9.86. The molecule has 1 heterocycles. The van der Waals surface area contributed by atoms with Crippen molar-refractivity contribution in [3.05, 3.63) is 41.5 Å². The lowest BCUT2D eigenvalue weighted by molar-refractivity contribution is -0.140. The Morgan fingerprint density at radius 1 is 1.07 bits per heavy atom. The van der Waals surface area contributed by atoms with Crippen LogP contribution in [0.15, 0.2) is 30.4 Å². The molecule has 27 heavy (non-hydrogen) atoms. The minimum absolute atomic E-state index is 0.0611. The van der Waals surface area contributed by atoms with Crippen molar-refractivity contribution in [1.82, 2.24) is 4.90 Å². The van der Waals surface area contributed by atoms with Crippen LogP contribution in [-0.4, -0.2) is 29.2 Å². The predicted octanol–water partition coefficient (Wildman–Crippen LogP) is 2.69. The van der Waals surface area contributed by atoms with Gasteiger partial charge in [-0.05, 0) is 55.6 Å². The van der Waals surface area contributed by atoms with E-state index in [1.807, 2.05) is 32.0 Å². The summed E-state index contributed by atoms with van der Waals surface area (Å²) in [5.41, 5.74) is 2.92. The molecular formula is C22H24N2O3. The highest BCUT2D eigenvalue weighted by Gasteiger charge is 2.66. The normalized spacial score (nSPS) is 35.3. The van der Waals surface area contributed by atoms with Gasteiger partial charge >= 0.3 is 0 Å². The molecule has 2 saturated carbocycles. The lowest BCUT2D eigenvalue weighted by atomic mass is 9.63. The number of anilines is 1. The van der Waals surface area contributed by atoms with Gasteiger partial charge in [-0.25, -0.2) is 0 Å². The zero-order chi connectivity index (χ0) is 18.9. The molecule has 0 spiro atoms. The Bertz CT molecular complexity index is 854. The van der Waals surface area contributed by atoms with Crippen molar-refractivity contribution in [3.8, 4) is 0 Å². The summed E-state index contributed by atoms with van der Waals surface area (Å²) < 4.78 is 0. The molecule has 3 amide bonds. The number of likely N-dealkylation sites (tertiary alicyclic amines) is 1. The molecule has 6 atom stereocenters. The van der Waals surface area contributed by atoms with E-state index in [1.54, 1.807) is 0 Å². The molecule has 1 aromatic carbocycles. The molecule has 1 aromatic rings. The van der Waals surface area contributed by atoms with Crippen LogP contribution < -0.4 is 5.32 Å². The molecule has 0 unspecified atom stereocenters. The van der Waals surface area contributed by atoms with Crippen molar-refractivity contribution < 1.29 is 14.4 Å². The first-order valence-corrected chi connectivity index (χ1v) is 9.86. The summed E-state index contributed by atoms with van der Waals surface area (Å²) in [6, 6.07) is 5.86. The summed E-state index contributed by atoms with van der Waals surface area (Å²) in [4.78, 5) is 39.5. The van der Waals surface area contributed by atoms with E-state index in [9.17, 15) is 14.4 Å². The Morgan fingerprint density at radius 3 is 2.30 bits per heavy atom. The number of carbonyl (C=O) groups is 3. The predicted molar refractivity (Wildman–Crippen MR) is 101 cm³/mol. The molecule has 140 valence electrons. The summed E-state index contributed by atoms with van der Waals surface area (Å²) in [7, 11) is 0. The topological polar surface area (TPSA) is 66.5 Å². The third kappa shape index (κ3) is 2.47. The van der Waals surface area contributed by atoms with Crippen LogP contribution in [0.4, 0.5) is 5.69 Å². The van der Waals surface area contributed by atoms with E-state index in [4.69, 9.17) is 0 Å². The average Bonchev–Trinajstić information content (AvgIpc) is 3.41. The molecule has 2 bridgehead atoms. The van der Waals surface area contributed by atoms with E-state index in [0.29, 0.717) is 11.8 Å². The summed E-state index contributed by atoms with van der Waals surface area (Å²) in [6.45, 7) is 4.14. The molecule has 5 heteroatoms. The quantitative estimate of drug-likeness (QED) is 0.660. The molecule has 6 rings (SSSR count). The Morgan fingerprint density at radius 2 is 1.70 bits per heavy atom. The fraction of sp³-hybridized carbons (Fsp3) is 0.500. The van der Waals surface area contributed by atoms with Gasteiger partial charge in [0.05, 0.1) is 11.8 Å². The number of nitrogens with zero attached hydrogens (tertiary/aromatic N) is 1. The van der Waals surface area contributed by atoms with Gasteiger partial charge in [0.1, 0.15) is 0 Å². The highest BCUT2D eigenvalue weighted by molar-refractivity contribution is 6.06. The molecule has 3 fully saturated rings. The Kier molecular flexibility index (Phi) is 3.58. The zero-order valence-electron chi connectivity index (χ0n) is 15.6. The molecular weight excluding hydrogens is 340 g/mol. The van der Waals surface area contributed by atoms with Gasteiger partial charge in [0, 0.05) is 18.7 Å². The van der Waals surface area contributed by atoms with E-state index in [2.05, 4.69) is 17.5 Å². The minimum Gasteiger partial charge on any atom is -0.326 e. The molecule has 0 aromatic heterocycles. The Labute approximate surface area is 158 Å². The van der Waals surface area contributed by atoms with Crippen LogP contribution in [0.1, 0.15) is 24.0 Å². The largest absolute Gasteiger partial charge is 0.326 e. The van der Waals surface area contributed by atoms with Crippen molar-refractivity contribution in [2.45, 2.75) is 26.7 Å². The van der Waals surface area contributed by atoms with Crippen LogP contribution in [0.25, 0.3) is 0 Å². The molecule has 1 saturated heterocycles. The summed E-state index contributed by atoms with van der Waals surface area (Å²) >= 11 is 0. The van der Waals surface area contributed by atoms with Gasteiger partial charge < -0.3 is 5.32 Å². The van der Waals surface area contributed by atoms with Crippen molar-refractivity contribution in [2.75, 3.05) is 11.9 Å². The monoisotopic (exact) mass is 364 g/mol. The Balaban J connectivity index is 1.25. The third-order valence-electron chi connectivity index (χ3n) is 6.97. The van der Waals surface area contributed by atoms with Gasteiger partial charge in [-0.1, -0.05) is 29.8 Å². The van der Waals surface area contributed by atoms with Gasteiger partial charge in [0.15, 0.2) is 0 Å². The number of carbonyl (C=O) groups excluding carboxylic acids is 3. The highest BCUT2D eigenvalue weighted by atomic mass is 16.2. The first kappa shape index (κ1) is 16.7. The number of imide groups is 1. The highest BCUT2D eigenvalue weighted by Crippen LogP contribution is 2.65. The van der Waals surface area contributed by atoms with Crippen LogP contribution in [0.3, 0.4) is 0 Å². The lowest BCUT2D eigenvalue weighted by Crippen LogP contribution is -2.40. The molecule has 1 aliphatic heterocycles. The minimum atomic E-state index is -0.182. The van der Waals surface area contributed by atoms with Crippen LogP contribution in [0.2, 0.25) is 0 Å². The number of rotatable bonds is 4. The van der Waals surface area contributed by atoms with Crippen molar-refractivity contribution in [3.63, 3.8) is 0 Å². The second-order valence-corrected chi connectivity index (χ2v) is 8.60. The molecule has 5 nitrogen and oxygen atoms in total. The fourth-order valence-electron chi connectivity index (χ4n) is 5.62. The third-order valence-corrected chi connectivity index (χ3v) is 6.97. The second kappa shape index (κ2) is 5.78. The van der Waals surface area contributed by atoms with Gasteiger partial charge in [-0.15, -0.1) is 0 Å². The smallest absolute Gasteiger partial charge is 0.233 e. The molecule has 4 aliphatic carbocycles. The number of hydrogen-bond donors (Lipinski definition) is 1. The molecule has 5 aliphatic rings. The first-order chi connectivity index (χ1) is 13.0. The number of amides is 3. The SMILES string of the molecule is Cc1ccc(NC(=O)CCN2C(=O)[C@H]3[C@@H]4C=C[C@@H]([C@H]5C[C@H]45)[C@@H]3C2=O)c(C)c1. The maximum Gasteiger partial charge on any atom is 0.233 e. The number of hydrogen-bond acceptors (Lipinski definition) is 3. The standard InChI is InChI=1S/C22H24N2O3/c1-11-3-6-17(12(2)9-11)23-18(25)7-8-24-21(26)19-13-4-5-14(16-10-15(13)16)20(19)22(24)27/h3-6,9,13-16,19-20H,7-8,10H2,1-2H3,(H,23,25)/t13-,14+,15-,16-,19+,20+/m1/s1. The summed E-state index contributed by atoms with van der Waals surface area (Å²) in [5, 5.41) is 2.90. The second-order valence-electron chi connectivity index (χ2n) is 8.60. The maximum atomic E-state index is 12.9. The number of allylic oxidation sites excluding steroid dienone is 2. The van der Waals surface area contributed by atoms with Crippen LogP contribution in [-0.2, 0) is 14.4 Å². The van der Waals surface area contributed by atoms with E-state index >= 15 is 0 Å². The van der Waals surface area contributed by atoms with E-state index < -0.39 is 0 Å². The average molecular weight is 364 g/mol. The van der Waals surface area contributed by atoms with E-state index in [1.165, 1.54) is 4.90 Å². The van der Waals surface area contributed by atoms with Gasteiger partial charge in [-0.2, -0.15) is 0 Å². The number of nitrogens with one attached hydrogen (secondary N) is 1. The fourth-order valence-corrected chi connectivity index (χ4v) is 5.62. The number of benzene rings is 1. The van der Waals surface area contributed by atoms with E-state index in [-0.39, 0.29) is 54.4 Å². The van der Waals surface area contributed by atoms with Gasteiger partial charge in [0.2, 0.25) is 17.7 Å². The zero-order valence-corrected chi connectivity index (χ0v) is 15.6. The van der Waals surface area contributed by atoms with E-state index in [0.717, 1.165) is 23.2 Å². The Hall–Kier alpha value is -2.43. The van der Waals surface area contributed by atoms with Gasteiger partial charge in [0.25, 0.3) is 0 Å². The summed E-state index contributed by atoms with van der Waals surface area (Å²) in [5.74, 6) is 1.02. The van der Waals surface area contributed by atoms with Crippen molar-refractivity contribution in [2.24, 2.45) is 35.5 Å². The van der Waals surface area contributed by atoms with Crippen molar-refractivity contribution >= 4 is 23.4 Å². The maximum absolute atomic E-state index is 12.9. The number of aryl methyl sites for hydroxylation is 2. The lowest BCUT2D eigenvalue weighted by Gasteiger charge is -2.37. The molecule has 0 radical (unpaired) electrons. The van der Waals surface area contributed by atoms with Crippen molar-refractivity contribution in [1.29, 1.82) is 0 Å². The van der Waals surface area contributed by atoms with Crippen LogP contribution in [0, 0.1) is 49.4 Å². The van der Waals surface area contributed by atoms with Gasteiger partial charge in [-0.3, -0.25) is 19.3 Å². The summed E-state index contributed by atoms with van der Waals surface area (Å²) in [6.07, 6.45) is 5.64. The van der Waals surface area contributed by atoms with Crippen LogP contribution >= 0.6 is 0 Å². The van der Waals surface area contributed by atoms with Crippen LogP contribution in [0.5, 0.6) is 0 Å². The molecule has 1 N–H and O–H groups in total.